The Morgan fingerprint density at radius 3 is 2.48 bits per heavy atom. The Hall–Kier alpha value is -2.33. The van der Waals surface area contributed by atoms with E-state index in [0.29, 0.717) is 6.04 Å². The smallest absolute Gasteiger partial charge is 0.270 e. The predicted molar refractivity (Wildman–Crippen MR) is 101 cm³/mol. The van der Waals surface area contributed by atoms with Crippen molar-refractivity contribution in [1.82, 2.24) is 14.4 Å². The van der Waals surface area contributed by atoms with Gasteiger partial charge in [0.25, 0.3) is 5.91 Å². The van der Waals surface area contributed by atoms with Crippen LogP contribution in [0.5, 0.6) is 0 Å². The molecule has 2 aromatic rings. The minimum Gasteiger partial charge on any atom is -0.340 e. The number of hydrogen-bond donors (Lipinski definition) is 0. The molecule has 0 spiro atoms. The van der Waals surface area contributed by atoms with Gasteiger partial charge in [0.2, 0.25) is 0 Å². The molecule has 4 rings (SSSR count). The summed E-state index contributed by atoms with van der Waals surface area (Å²) in [4.78, 5) is 17.2. The van der Waals surface area contributed by atoms with Crippen LogP contribution in [0.1, 0.15) is 34.9 Å². The first kappa shape index (κ1) is 16.2. The SMILES string of the molecule is O=C(c1cccn1C1CC1)N1CCN(C/C=C/c2ccccc2)CC1. The van der Waals surface area contributed by atoms with E-state index in [2.05, 4.69) is 52.1 Å². The zero-order valence-corrected chi connectivity index (χ0v) is 14.6. The van der Waals surface area contributed by atoms with E-state index in [1.54, 1.807) is 0 Å². The van der Waals surface area contributed by atoms with Gasteiger partial charge in [0.1, 0.15) is 5.69 Å². The second-order valence-electron chi connectivity index (χ2n) is 6.94. The molecule has 2 fully saturated rings. The molecule has 1 aliphatic carbocycles. The standard InChI is InChI=1S/C21H25N3O/c25-21(20-9-5-13-24(20)19-10-11-19)23-16-14-22(15-17-23)12-4-8-18-6-2-1-3-7-18/h1-9,13,19H,10-12,14-17H2/b8-4+. The van der Waals surface area contributed by atoms with E-state index < -0.39 is 0 Å². The topological polar surface area (TPSA) is 28.5 Å². The molecule has 1 saturated carbocycles. The summed E-state index contributed by atoms with van der Waals surface area (Å²) in [5.41, 5.74) is 2.09. The molecule has 1 aromatic heterocycles. The molecule has 2 heterocycles. The molecule has 1 amide bonds. The van der Waals surface area contributed by atoms with Gasteiger partial charge in [-0.3, -0.25) is 9.69 Å². The van der Waals surface area contributed by atoms with Crippen LogP contribution in [0.2, 0.25) is 0 Å². The molecular formula is C21H25N3O. The number of carbonyl (C=O) groups is 1. The van der Waals surface area contributed by atoms with E-state index in [4.69, 9.17) is 0 Å². The van der Waals surface area contributed by atoms with Crippen LogP contribution in [0, 0.1) is 0 Å². The molecule has 2 aliphatic rings. The van der Waals surface area contributed by atoms with Crippen LogP contribution in [0.4, 0.5) is 0 Å². The number of amides is 1. The maximum absolute atomic E-state index is 12.8. The van der Waals surface area contributed by atoms with Crippen molar-refractivity contribution < 1.29 is 4.79 Å². The van der Waals surface area contributed by atoms with Crippen LogP contribution in [0.15, 0.2) is 54.7 Å². The fraction of sp³-hybridized carbons (Fsp3) is 0.381. The Morgan fingerprint density at radius 1 is 1.00 bits per heavy atom. The van der Waals surface area contributed by atoms with E-state index in [0.717, 1.165) is 38.4 Å². The van der Waals surface area contributed by atoms with Crippen LogP contribution in [-0.4, -0.2) is 53.0 Å². The van der Waals surface area contributed by atoms with Gasteiger partial charge in [-0.05, 0) is 30.5 Å². The fourth-order valence-electron chi connectivity index (χ4n) is 3.44. The molecule has 25 heavy (non-hydrogen) atoms. The lowest BCUT2D eigenvalue weighted by Crippen LogP contribution is -2.48. The maximum Gasteiger partial charge on any atom is 0.270 e. The summed E-state index contributed by atoms with van der Waals surface area (Å²) >= 11 is 0. The number of benzene rings is 1. The quantitative estimate of drug-likeness (QED) is 0.839. The Bertz CT molecular complexity index is 738. The lowest BCUT2D eigenvalue weighted by molar-refractivity contribution is 0.0639. The molecule has 1 aromatic carbocycles. The zero-order chi connectivity index (χ0) is 17.1. The first-order valence-corrected chi connectivity index (χ1v) is 9.21. The molecule has 4 nitrogen and oxygen atoms in total. The average Bonchev–Trinajstić information content (AvgIpc) is 3.39. The van der Waals surface area contributed by atoms with Crippen LogP contribution in [-0.2, 0) is 0 Å². The predicted octanol–water partition coefficient (Wildman–Crippen LogP) is 3.29. The molecular weight excluding hydrogens is 310 g/mol. The fourth-order valence-corrected chi connectivity index (χ4v) is 3.44. The normalized spacial score (nSPS) is 18.8. The van der Waals surface area contributed by atoms with Crippen molar-refractivity contribution in [2.24, 2.45) is 0 Å². The van der Waals surface area contributed by atoms with Gasteiger partial charge in [-0.15, -0.1) is 0 Å². The van der Waals surface area contributed by atoms with Crippen LogP contribution < -0.4 is 0 Å². The summed E-state index contributed by atoms with van der Waals surface area (Å²) < 4.78 is 2.16. The average molecular weight is 335 g/mol. The number of hydrogen-bond acceptors (Lipinski definition) is 2. The monoisotopic (exact) mass is 335 g/mol. The molecule has 1 saturated heterocycles. The lowest BCUT2D eigenvalue weighted by Gasteiger charge is -2.34. The number of piperazine rings is 1. The molecule has 0 unspecified atom stereocenters. The summed E-state index contributed by atoms with van der Waals surface area (Å²) in [6, 6.07) is 14.9. The van der Waals surface area contributed by atoms with Gasteiger partial charge in [0.15, 0.2) is 0 Å². The molecule has 1 aliphatic heterocycles. The molecule has 0 radical (unpaired) electrons. The maximum atomic E-state index is 12.8. The third-order valence-electron chi connectivity index (χ3n) is 5.07. The Kier molecular flexibility index (Phi) is 4.70. The van der Waals surface area contributed by atoms with Crippen LogP contribution in [0.3, 0.4) is 0 Å². The Labute approximate surface area is 149 Å². The second-order valence-corrected chi connectivity index (χ2v) is 6.94. The molecule has 0 N–H and O–H groups in total. The lowest BCUT2D eigenvalue weighted by atomic mass is 10.2. The van der Waals surface area contributed by atoms with Gasteiger partial charge in [0, 0.05) is 45.0 Å². The Balaban J connectivity index is 1.28. The van der Waals surface area contributed by atoms with Gasteiger partial charge in [-0.1, -0.05) is 42.5 Å². The number of nitrogens with zero attached hydrogens (tertiary/aromatic N) is 3. The first-order chi connectivity index (χ1) is 12.3. The summed E-state index contributed by atoms with van der Waals surface area (Å²) in [5.74, 6) is 0.191. The van der Waals surface area contributed by atoms with Crippen molar-refractivity contribution >= 4 is 12.0 Å². The van der Waals surface area contributed by atoms with E-state index >= 15 is 0 Å². The van der Waals surface area contributed by atoms with E-state index in [-0.39, 0.29) is 5.91 Å². The van der Waals surface area contributed by atoms with E-state index in [9.17, 15) is 4.79 Å². The zero-order valence-electron chi connectivity index (χ0n) is 14.6. The van der Waals surface area contributed by atoms with Crippen molar-refractivity contribution in [3.05, 3.63) is 66.0 Å². The van der Waals surface area contributed by atoms with Crippen molar-refractivity contribution in [1.29, 1.82) is 0 Å². The molecule has 0 bridgehead atoms. The van der Waals surface area contributed by atoms with Crippen molar-refractivity contribution in [3.63, 3.8) is 0 Å². The number of carbonyl (C=O) groups excluding carboxylic acids is 1. The van der Waals surface area contributed by atoms with Crippen molar-refractivity contribution in [2.75, 3.05) is 32.7 Å². The van der Waals surface area contributed by atoms with E-state index in [1.165, 1.54) is 18.4 Å². The second kappa shape index (κ2) is 7.28. The summed E-state index contributed by atoms with van der Waals surface area (Å²) in [6.07, 6.45) is 8.84. The summed E-state index contributed by atoms with van der Waals surface area (Å²) in [7, 11) is 0. The van der Waals surface area contributed by atoms with Gasteiger partial charge in [-0.25, -0.2) is 0 Å². The van der Waals surface area contributed by atoms with Gasteiger partial charge < -0.3 is 9.47 Å². The molecule has 130 valence electrons. The third kappa shape index (κ3) is 3.85. The highest BCUT2D eigenvalue weighted by atomic mass is 16.2. The van der Waals surface area contributed by atoms with Gasteiger partial charge in [0.05, 0.1) is 0 Å². The van der Waals surface area contributed by atoms with Gasteiger partial charge >= 0.3 is 0 Å². The summed E-state index contributed by atoms with van der Waals surface area (Å²) in [6.45, 7) is 4.45. The highest BCUT2D eigenvalue weighted by molar-refractivity contribution is 5.93. The number of rotatable bonds is 5. The van der Waals surface area contributed by atoms with Gasteiger partial charge in [-0.2, -0.15) is 0 Å². The number of aromatic nitrogens is 1. The highest BCUT2D eigenvalue weighted by Gasteiger charge is 2.29. The minimum absolute atomic E-state index is 0.191. The van der Waals surface area contributed by atoms with Crippen molar-refractivity contribution in [2.45, 2.75) is 18.9 Å². The Morgan fingerprint density at radius 2 is 1.76 bits per heavy atom. The molecule has 0 atom stereocenters. The first-order valence-electron chi connectivity index (χ1n) is 9.21. The third-order valence-corrected chi connectivity index (χ3v) is 5.07. The van der Waals surface area contributed by atoms with Crippen LogP contribution >= 0.6 is 0 Å². The van der Waals surface area contributed by atoms with Crippen molar-refractivity contribution in [3.8, 4) is 0 Å². The highest BCUT2D eigenvalue weighted by Crippen LogP contribution is 2.36. The van der Waals surface area contributed by atoms with E-state index in [1.807, 2.05) is 23.1 Å². The minimum atomic E-state index is 0.191. The largest absolute Gasteiger partial charge is 0.340 e. The van der Waals surface area contributed by atoms with Crippen LogP contribution in [0.25, 0.3) is 6.08 Å². The summed E-state index contributed by atoms with van der Waals surface area (Å²) in [5, 5.41) is 0. The molecule has 4 heteroatoms.